The van der Waals surface area contributed by atoms with Gasteiger partial charge < -0.3 is 5.11 Å². The van der Waals surface area contributed by atoms with Crippen LogP contribution in [0.4, 0.5) is 0 Å². The Bertz CT molecular complexity index is 734. The van der Waals surface area contributed by atoms with Crippen molar-refractivity contribution in [2.24, 2.45) is 0 Å². The number of carboxylic acids is 1. The molecule has 0 atom stereocenters. The summed E-state index contributed by atoms with van der Waals surface area (Å²) in [6.45, 7) is 0. The molecule has 3 aromatic rings. The van der Waals surface area contributed by atoms with Gasteiger partial charge in [0, 0.05) is 17.8 Å². The summed E-state index contributed by atoms with van der Waals surface area (Å²) >= 11 is 0. The molecule has 0 unspecified atom stereocenters. The van der Waals surface area contributed by atoms with Crippen molar-refractivity contribution in [1.29, 1.82) is 0 Å². The van der Waals surface area contributed by atoms with Gasteiger partial charge in [-0.2, -0.15) is 0 Å². The SMILES string of the molecule is O=C(O)c1cn(-c2cc3ccccc3cn2)cn1. The standard InChI is InChI=1S/C13H9N3O2/c17-13(18)11-7-16(8-15-11)12-5-9-3-1-2-4-10(9)6-14-12/h1-8H,(H,17,18). The Balaban J connectivity index is 2.10. The van der Waals surface area contributed by atoms with E-state index < -0.39 is 5.97 Å². The number of aromatic carboxylic acids is 1. The second-order valence-electron chi connectivity index (χ2n) is 3.86. The number of carboxylic acid groups (broad SMARTS) is 1. The molecule has 5 nitrogen and oxygen atoms in total. The van der Waals surface area contributed by atoms with Crippen LogP contribution in [0, 0.1) is 0 Å². The Kier molecular flexibility index (Phi) is 2.30. The maximum atomic E-state index is 10.8. The van der Waals surface area contributed by atoms with E-state index in [1.807, 2.05) is 30.3 Å². The summed E-state index contributed by atoms with van der Waals surface area (Å²) in [6, 6.07) is 9.74. The Morgan fingerprint density at radius 3 is 2.67 bits per heavy atom. The zero-order valence-electron chi connectivity index (χ0n) is 9.32. The maximum Gasteiger partial charge on any atom is 0.356 e. The summed E-state index contributed by atoms with van der Waals surface area (Å²) in [6.07, 6.45) is 4.64. The highest BCUT2D eigenvalue weighted by atomic mass is 16.4. The van der Waals surface area contributed by atoms with Crippen LogP contribution in [0.25, 0.3) is 16.6 Å². The van der Waals surface area contributed by atoms with Gasteiger partial charge in [-0.1, -0.05) is 24.3 Å². The Labute approximate surface area is 102 Å². The molecule has 0 bridgehead atoms. The molecule has 1 N–H and O–H groups in total. The zero-order valence-corrected chi connectivity index (χ0v) is 9.32. The summed E-state index contributed by atoms with van der Waals surface area (Å²) in [5.74, 6) is -0.400. The summed E-state index contributed by atoms with van der Waals surface area (Å²) in [5.41, 5.74) is 0.00459. The van der Waals surface area contributed by atoms with Gasteiger partial charge in [-0.25, -0.2) is 14.8 Å². The molecule has 1 aromatic carbocycles. The van der Waals surface area contributed by atoms with E-state index in [0.29, 0.717) is 5.82 Å². The van der Waals surface area contributed by atoms with Gasteiger partial charge in [0.1, 0.15) is 12.1 Å². The number of imidazole rings is 1. The van der Waals surface area contributed by atoms with Gasteiger partial charge in [0.15, 0.2) is 5.69 Å². The molecule has 0 aliphatic rings. The number of fused-ring (bicyclic) bond motifs is 1. The van der Waals surface area contributed by atoms with Crippen LogP contribution in [0.3, 0.4) is 0 Å². The van der Waals surface area contributed by atoms with Crippen molar-refractivity contribution in [3.8, 4) is 5.82 Å². The highest BCUT2D eigenvalue weighted by Gasteiger charge is 2.08. The van der Waals surface area contributed by atoms with Crippen molar-refractivity contribution in [3.63, 3.8) is 0 Å². The van der Waals surface area contributed by atoms with Crippen LogP contribution in [-0.4, -0.2) is 25.6 Å². The van der Waals surface area contributed by atoms with Crippen molar-refractivity contribution in [3.05, 3.63) is 54.7 Å². The van der Waals surface area contributed by atoms with E-state index in [0.717, 1.165) is 10.8 Å². The molecule has 88 valence electrons. The van der Waals surface area contributed by atoms with Gasteiger partial charge in [-0.3, -0.25) is 4.57 Å². The first-order chi connectivity index (χ1) is 8.74. The van der Waals surface area contributed by atoms with Crippen molar-refractivity contribution in [1.82, 2.24) is 14.5 Å². The zero-order chi connectivity index (χ0) is 12.5. The third-order valence-electron chi connectivity index (χ3n) is 2.68. The third-order valence-corrected chi connectivity index (χ3v) is 2.68. The normalized spacial score (nSPS) is 10.7. The molecule has 0 amide bonds. The van der Waals surface area contributed by atoms with Gasteiger partial charge in [-0.05, 0) is 11.5 Å². The fourth-order valence-corrected chi connectivity index (χ4v) is 1.77. The average Bonchev–Trinajstić information content (AvgIpc) is 2.88. The number of hydrogen-bond donors (Lipinski definition) is 1. The lowest BCUT2D eigenvalue weighted by Gasteiger charge is -2.02. The molecule has 2 heterocycles. The van der Waals surface area contributed by atoms with Crippen molar-refractivity contribution < 1.29 is 9.90 Å². The van der Waals surface area contributed by atoms with Crippen LogP contribution >= 0.6 is 0 Å². The smallest absolute Gasteiger partial charge is 0.356 e. The van der Waals surface area contributed by atoms with Gasteiger partial charge in [0.2, 0.25) is 0 Å². The lowest BCUT2D eigenvalue weighted by Crippen LogP contribution is -1.97. The Morgan fingerprint density at radius 1 is 1.17 bits per heavy atom. The number of benzene rings is 1. The first-order valence-corrected chi connectivity index (χ1v) is 5.36. The number of rotatable bonds is 2. The molecule has 0 saturated heterocycles. The topological polar surface area (TPSA) is 68.0 Å². The lowest BCUT2D eigenvalue weighted by atomic mass is 10.2. The number of carbonyl (C=O) groups is 1. The van der Waals surface area contributed by atoms with Gasteiger partial charge in [-0.15, -0.1) is 0 Å². The van der Waals surface area contributed by atoms with E-state index >= 15 is 0 Å². The molecule has 5 heteroatoms. The summed E-state index contributed by atoms with van der Waals surface area (Å²) in [5, 5.41) is 10.9. The molecule has 0 saturated carbocycles. The highest BCUT2D eigenvalue weighted by Crippen LogP contribution is 2.15. The summed E-state index contributed by atoms with van der Waals surface area (Å²) in [7, 11) is 0. The first-order valence-electron chi connectivity index (χ1n) is 5.36. The van der Waals surface area contributed by atoms with Crippen molar-refractivity contribution in [2.75, 3.05) is 0 Å². The van der Waals surface area contributed by atoms with Crippen molar-refractivity contribution in [2.45, 2.75) is 0 Å². The van der Waals surface area contributed by atoms with Crippen LogP contribution in [-0.2, 0) is 0 Å². The van der Waals surface area contributed by atoms with Gasteiger partial charge in [0.05, 0.1) is 0 Å². The number of pyridine rings is 1. The van der Waals surface area contributed by atoms with E-state index in [-0.39, 0.29) is 5.69 Å². The number of aromatic nitrogens is 3. The molecule has 2 aromatic heterocycles. The minimum absolute atomic E-state index is 0.00459. The second-order valence-corrected chi connectivity index (χ2v) is 3.86. The van der Waals surface area contributed by atoms with E-state index in [2.05, 4.69) is 9.97 Å². The highest BCUT2D eigenvalue weighted by molar-refractivity contribution is 5.85. The van der Waals surface area contributed by atoms with Gasteiger partial charge in [0.25, 0.3) is 0 Å². The predicted octanol–water partition coefficient (Wildman–Crippen LogP) is 2.12. The number of hydrogen-bond acceptors (Lipinski definition) is 3. The monoisotopic (exact) mass is 239 g/mol. The molecular formula is C13H9N3O2. The van der Waals surface area contributed by atoms with Crippen LogP contribution < -0.4 is 0 Å². The predicted molar refractivity (Wildman–Crippen MR) is 65.8 cm³/mol. The molecule has 18 heavy (non-hydrogen) atoms. The van der Waals surface area contributed by atoms with Crippen LogP contribution in [0.5, 0.6) is 0 Å². The summed E-state index contributed by atoms with van der Waals surface area (Å²) in [4.78, 5) is 18.8. The quantitative estimate of drug-likeness (QED) is 0.743. The molecule has 0 spiro atoms. The Hall–Kier alpha value is -2.69. The Morgan fingerprint density at radius 2 is 1.94 bits per heavy atom. The largest absolute Gasteiger partial charge is 0.476 e. The molecule has 0 aliphatic heterocycles. The van der Waals surface area contributed by atoms with Crippen LogP contribution in [0.15, 0.2) is 49.1 Å². The van der Waals surface area contributed by atoms with E-state index in [1.54, 1.807) is 10.8 Å². The van der Waals surface area contributed by atoms with Crippen LogP contribution in [0.2, 0.25) is 0 Å². The van der Waals surface area contributed by atoms with E-state index in [9.17, 15) is 4.79 Å². The average molecular weight is 239 g/mol. The molecule has 0 radical (unpaired) electrons. The molecule has 0 aliphatic carbocycles. The fourth-order valence-electron chi connectivity index (χ4n) is 1.77. The lowest BCUT2D eigenvalue weighted by molar-refractivity contribution is 0.0691. The number of nitrogens with zero attached hydrogens (tertiary/aromatic N) is 3. The van der Waals surface area contributed by atoms with Crippen molar-refractivity contribution >= 4 is 16.7 Å². The minimum atomic E-state index is -1.05. The van der Waals surface area contributed by atoms with Gasteiger partial charge >= 0.3 is 5.97 Å². The molecule has 3 rings (SSSR count). The first kappa shape index (κ1) is 10.5. The maximum absolute atomic E-state index is 10.8. The van der Waals surface area contributed by atoms with E-state index in [4.69, 9.17) is 5.11 Å². The fraction of sp³-hybridized carbons (Fsp3) is 0. The van der Waals surface area contributed by atoms with E-state index in [1.165, 1.54) is 12.5 Å². The summed E-state index contributed by atoms with van der Waals surface area (Å²) < 4.78 is 1.59. The van der Waals surface area contributed by atoms with Crippen LogP contribution in [0.1, 0.15) is 10.5 Å². The third kappa shape index (κ3) is 1.71. The second kappa shape index (κ2) is 3.96. The molecular weight excluding hydrogens is 230 g/mol. The molecule has 0 fully saturated rings. The minimum Gasteiger partial charge on any atom is -0.476 e.